The second-order valence-corrected chi connectivity index (χ2v) is 2.22. The molecule has 0 fully saturated rings. The highest BCUT2D eigenvalue weighted by Gasteiger charge is 1.88. The van der Waals surface area contributed by atoms with Gasteiger partial charge in [-0.15, -0.1) is 6.58 Å². The van der Waals surface area contributed by atoms with Gasteiger partial charge in [0.15, 0.2) is 0 Å². The molecule has 0 heterocycles. The van der Waals surface area contributed by atoms with Crippen molar-refractivity contribution in [3.63, 3.8) is 0 Å². The van der Waals surface area contributed by atoms with Gasteiger partial charge >= 0.3 is 11.9 Å². The first kappa shape index (κ1) is 13.0. The van der Waals surface area contributed by atoms with Gasteiger partial charge in [0.2, 0.25) is 0 Å². The fourth-order valence-electron chi connectivity index (χ4n) is 0.143. The van der Waals surface area contributed by atoms with Gasteiger partial charge in [-0.1, -0.05) is 5.57 Å². The van der Waals surface area contributed by atoms with Gasteiger partial charge in [-0.05, 0) is 13.8 Å². The molecule has 0 aliphatic carbocycles. The van der Waals surface area contributed by atoms with E-state index in [1.54, 1.807) is 0 Å². The van der Waals surface area contributed by atoms with Crippen LogP contribution in [0.5, 0.6) is 0 Å². The van der Waals surface area contributed by atoms with E-state index in [-0.39, 0.29) is 0 Å². The highest BCUT2D eigenvalue weighted by Crippen LogP contribution is 1.73. The molecule has 12 heavy (non-hydrogen) atoms. The van der Waals surface area contributed by atoms with E-state index in [4.69, 9.17) is 10.2 Å². The van der Waals surface area contributed by atoms with Gasteiger partial charge in [0, 0.05) is 12.2 Å². The minimum absolute atomic E-state index is 0.558. The van der Waals surface area contributed by atoms with Crippen LogP contribution in [0.3, 0.4) is 0 Å². The Labute approximate surface area is 70.8 Å². The van der Waals surface area contributed by atoms with Crippen LogP contribution in [0.25, 0.3) is 0 Å². The van der Waals surface area contributed by atoms with Gasteiger partial charge in [0.05, 0.1) is 0 Å². The van der Waals surface area contributed by atoms with E-state index in [1.165, 1.54) is 5.57 Å². The van der Waals surface area contributed by atoms with Gasteiger partial charge in [-0.2, -0.15) is 0 Å². The third-order valence-electron chi connectivity index (χ3n) is 0.368. The summed E-state index contributed by atoms with van der Waals surface area (Å²) in [5, 5.41) is 15.6. The van der Waals surface area contributed by atoms with Crippen LogP contribution in [0.2, 0.25) is 0 Å². The lowest BCUT2D eigenvalue weighted by atomic mass is 10.4. The minimum atomic E-state index is -1.26. The van der Waals surface area contributed by atoms with E-state index >= 15 is 0 Å². The van der Waals surface area contributed by atoms with E-state index in [9.17, 15) is 9.59 Å². The highest BCUT2D eigenvalue weighted by molar-refractivity contribution is 5.89. The molecule has 0 rings (SSSR count). The number of rotatable bonds is 2. The Morgan fingerprint density at radius 3 is 1.33 bits per heavy atom. The van der Waals surface area contributed by atoms with Crippen LogP contribution in [0.4, 0.5) is 0 Å². The third kappa shape index (κ3) is 39.6. The molecule has 0 aromatic rings. The van der Waals surface area contributed by atoms with Gasteiger partial charge in [0.25, 0.3) is 0 Å². The molecule has 0 aromatic heterocycles. The lowest BCUT2D eigenvalue weighted by Gasteiger charge is -1.74. The molecule has 0 bridgehead atoms. The molecule has 0 aromatic carbocycles. The highest BCUT2D eigenvalue weighted by atomic mass is 16.4. The van der Waals surface area contributed by atoms with Crippen molar-refractivity contribution in [3.05, 3.63) is 24.3 Å². The lowest BCUT2D eigenvalue weighted by Crippen LogP contribution is -1.91. The van der Waals surface area contributed by atoms with Crippen molar-refractivity contribution in [2.24, 2.45) is 0 Å². The topological polar surface area (TPSA) is 74.6 Å². The zero-order valence-electron chi connectivity index (χ0n) is 7.07. The molecule has 0 spiro atoms. The third-order valence-corrected chi connectivity index (χ3v) is 0.368. The summed E-state index contributed by atoms with van der Waals surface area (Å²) in [6, 6.07) is 0. The summed E-state index contributed by atoms with van der Waals surface area (Å²) in [5.74, 6) is -2.51. The number of carbonyl (C=O) groups is 2. The predicted octanol–water partition coefficient (Wildman–Crippen LogP) is 1.29. The lowest BCUT2D eigenvalue weighted by molar-refractivity contribution is -0.134. The molecule has 0 unspecified atom stereocenters. The van der Waals surface area contributed by atoms with Crippen LogP contribution in [0, 0.1) is 0 Å². The summed E-state index contributed by atoms with van der Waals surface area (Å²) in [4.78, 5) is 19.1. The number of allylic oxidation sites excluding steroid dienone is 1. The Morgan fingerprint density at radius 2 is 1.25 bits per heavy atom. The first-order valence-electron chi connectivity index (χ1n) is 3.12. The monoisotopic (exact) mass is 172 g/mol. The van der Waals surface area contributed by atoms with E-state index in [0.29, 0.717) is 12.2 Å². The summed E-state index contributed by atoms with van der Waals surface area (Å²) < 4.78 is 0. The van der Waals surface area contributed by atoms with Gasteiger partial charge in [0.1, 0.15) is 0 Å². The Morgan fingerprint density at radius 1 is 1.08 bits per heavy atom. The smallest absolute Gasteiger partial charge is 0.328 e. The fraction of sp³-hybridized carbons (Fsp3) is 0.250. The Balaban J connectivity index is 0. The van der Waals surface area contributed by atoms with Gasteiger partial charge in [-0.3, -0.25) is 0 Å². The molecule has 68 valence electrons. The summed E-state index contributed by atoms with van der Waals surface area (Å²) >= 11 is 0. The molecular weight excluding hydrogens is 160 g/mol. The second kappa shape index (κ2) is 7.53. The molecular formula is C8H12O4. The largest absolute Gasteiger partial charge is 0.478 e. The van der Waals surface area contributed by atoms with E-state index in [1.807, 2.05) is 13.8 Å². The number of hydrogen-bond donors (Lipinski definition) is 2. The molecule has 0 aliphatic heterocycles. The van der Waals surface area contributed by atoms with E-state index in [2.05, 4.69) is 6.58 Å². The maximum atomic E-state index is 9.55. The van der Waals surface area contributed by atoms with Crippen molar-refractivity contribution in [1.82, 2.24) is 0 Å². The Bertz CT molecular complexity index is 183. The fourth-order valence-corrected chi connectivity index (χ4v) is 0.143. The summed E-state index contributed by atoms with van der Waals surface area (Å²) in [5.41, 5.74) is 1.17. The van der Waals surface area contributed by atoms with Crippen LogP contribution >= 0.6 is 0 Å². The molecule has 4 nitrogen and oxygen atoms in total. The van der Waals surface area contributed by atoms with Crippen molar-refractivity contribution in [2.75, 3.05) is 0 Å². The van der Waals surface area contributed by atoms with Gasteiger partial charge < -0.3 is 10.2 Å². The molecule has 4 heteroatoms. The molecule has 2 N–H and O–H groups in total. The maximum Gasteiger partial charge on any atom is 0.328 e. The Hall–Kier alpha value is -1.58. The van der Waals surface area contributed by atoms with Crippen molar-refractivity contribution < 1.29 is 19.8 Å². The molecule has 0 radical (unpaired) electrons. The summed E-state index contributed by atoms with van der Waals surface area (Å²) in [6.45, 7) is 7.50. The average Bonchev–Trinajstić information content (AvgIpc) is 1.82. The SMILES string of the molecule is C=C(C)C.O=C(O)/C=C/C(=O)O. The number of carboxylic acids is 2. The second-order valence-electron chi connectivity index (χ2n) is 2.22. The molecule has 0 atom stereocenters. The minimum Gasteiger partial charge on any atom is -0.478 e. The van der Waals surface area contributed by atoms with Crippen molar-refractivity contribution in [2.45, 2.75) is 13.8 Å². The van der Waals surface area contributed by atoms with Crippen LogP contribution in [-0.2, 0) is 9.59 Å². The van der Waals surface area contributed by atoms with Crippen molar-refractivity contribution >= 4 is 11.9 Å². The van der Waals surface area contributed by atoms with Gasteiger partial charge in [-0.25, -0.2) is 9.59 Å². The van der Waals surface area contributed by atoms with Crippen molar-refractivity contribution in [3.8, 4) is 0 Å². The standard InChI is InChI=1S/C4H4O4.C4H8/c5-3(6)1-2-4(7)8;1-4(2)3/h1-2H,(H,5,6)(H,7,8);1H2,2-3H3/b2-1+;. The van der Waals surface area contributed by atoms with Crippen LogP contribution in [0.15, 0.2) is 24.3 Å². The first-order valence-corrected chi connectivity index (χ1v) is 3.12. The van der Waals surface area contributed by atoms with Crippen LogP contribution in [0.1, 0.15) is 13.8 Å². The zero-order chi connectivity index (χ0) is 10.1. The average molecular weight is 172 g/mol. The van der Waals surface area contributed by atoms with Crippen LogP contribution < -0.4 is 0 Å². The molecule has 0 amide bonds. The normalized spacial score (nSPS) is 8.50. The quantitative estimate of drug-likeness (QED) is 0.486. The molecule has 0 saturated heterocycles. The van der Waals surface area contributed by atoms with E-state index < -0.39 is 11.9 Å². The summed E-state index contributed by atoms with van der Waals surface area (Å²) in [6.07, 6.45) is 1.12. The predicted molar refractivity (Wildman–Crippen MR) is 44.9 cm³/mol. The number of hydrogen-bond acceptors (Lipinski definition) is 2. The van der Waals surface area contributed by atoms with E-state index in [0.717, 1.165) is 0 Å². The van der Waals surface area contributed by atoms with Crippen LogP contribution in [-0.4, -0.2) is 22.2 Å². The number of carboxylic acid groups (broad SMARTS) is 2. The van der Waals surface area contributed by atoms with Crippen molar-refractivity contribution in [1.29, 1.82) is 0 Å². The first-order chi connectivity index (χ1) is 5.36. The Kier molecular flexibility index (Phi) is 8.18. The molecule has 0 saturated carbocycles. The number of aliphatic carboxylic acids is 2. The zero-order valence-corrected chi connectivity index (χ0v) is 7.07. The molecule has 0 aliphatic rings. The maximum absolute atomic E-state index is 9.55. The summed E-state index contributed by atoms with van der Waals surface area (Å²) in [7, 11) is 0.